The average Bonchev–Trinajstić information content (AvgIpc) is 2.85. The van der Waals surface area contributed by atoms with E-state index in [-0.39, 0.29) is 17.0 Å². The lowest BCUT2D eigenvalue weighted by molar-refractivity contribution is -0.696. The average molecular weight is 311 g/mol. The lowest BCUT2D eigenvalue weighted by atomic mass is 10.1. The lowest BCUT2D eigenvalue weighted by Crippen LogP contribution is -3.00. The fraction of sp³-hybridized carbons (Fsp3) is 0.357. The molecular formula is C14H19BrN2O. The fourth-order valence-electron chi connectivity index (χ4n) is 1.92. The number of ether oxygens (including phenoxy) is 1. The zero-order valence-electron chi connectivity index (χ0n) is 10.6. The first-order valence-electron chi connectivity index (χ1n) is 6.12. The van der Waals surface area contributed by atoms with Gasteiger partial charge in [-0.05, 0) is 31.4 Å². The van der Waals surface area contributed by atoms with Gasteiger partial charge in [0.2, 0.25) is 6.33 Å². The Balaban J connectivity index is 0.00000162. The molecule has 2 rings (SSSR count). The smallest absolute Gasteiger partial charge is 0.241 e. The highest BCUT2D eigenvalue weighted by molar-refractivity contribution is 5.33. The fourth-order valence-corrected chi connectivity index (χ4v) is 1.92. The molecule has 0 amide bonds. The van der Waals surface area contributed by atoms with E-state index in [2.05, 4.69) is 27.9 Å². The van der Waals surface area contributed by atoms with Crippen LogP contribution in [0.4, 0.5) is 0 Å². The Morgan fingerprint density at radius 3 is 2.83 bits per heavy atom. The normalized spacial score (nSPS) is 9.83. The zero-order chi connectivity index (χ0) is 11.9. The molecule has 3 nitrogen and oxygen atoms in total. The highest BCUT2D eigenvalue weighted by atomic mass is 79.9. The topological polar surface area (TPSA) is 28.9 Å². The van der Waals surface area contributed by atoms with Gasteiger partial charge in [-0.1, -0.05) is 18.2 Å². The first-order valence-corrected chi connectivity index (χ1v) is 6.12. The van der Waals surface area contributed by atoms with Gasteiger partial charge in [-0.2, -0.15) is 0 Å². The van der Waals surface area contributed by atoms with Crippen molar-refractivity contribution in [3.05, 3.63) is 48.5 Å². The second kappa shape index (κ2) is 7.93. The van der Waals surface area contributed by atoms with Crippen LogP contribution < -0.4 is 26.3 Å². The van der Waals surface area contributed by atoms with Gasteiger partial charge >= 0.3 is 0 Å². The monoisotopic (exact) mass is 310 g/mol. The third-order valence-corrected chi connectivity index (χ3v) is 2.74. The number of imidazole rings is 1. The van der Waals surface area contributed by atoms with Crippen molar-refractivity contribution in [3.63, 3.8) is 0 Å². The van der Waals surface area contributed by atoms with Crippen LogP contribution in [0, 0.1) is 0 Å². The Labute approximate surface area is 119 Å². The Kier molecular flexibility index (Phi) is 6.50. The van der Waals surface area contributed by atoms with Crippen LogP contribution in [-0.4, -0.2) is 11.6 Å². The van der Waals surface area contributed by atoms with Crippen molar-refractivity contribution >= 4 is 0 Å². The van der Waals surface area contributed by atoms with Crippen molar-refractivity contribution in [3.8, 4) is 5.75 Å². The highest BCUT2D eigenvalue weighted by Gasteiger charge is 2.03. The van der Waals surface area contributed by atoms with Crippen LogP contribution in [-0.2, 0) is 13.0 Å². The molecule has 1 N–H and O–H groups in total. The number of halogens is 1. The van der Waals surface area contributed by atoms with E-state index in [1.807, 2.05) is 31.6 Å². The van der Waals surface area contributed by atoms with E-state index in [4.69, 9.17) is 4.74 Å². The molecular weight excluding hydrogens is 292 g/mol. The summed E-state index contributed by atoms with van der Waals surface area (Å²) in [6.45, 7) is 3.78. The number of aromatic amines is 1. The Bertz CT molecular complexity index is 443. The zero-order valence-corrected chi connectivity index (χ0v) is 12.2. The van der Waals surface area contributed by atoms with Crippen LogP contribution in [0.1, 0.15) is 18.9 Å². The summed E-state index contributed by atoms with van der Waals surface area (Å²) in [5.74, 6) is 1.02. The van der Waals surface area contributed by atoms with Gasteiger partial charge in [0, 0.05) is 0 Å². The molecule has 1 aromatic heterocycles. The third kappa shape index (κ3) is 4.18. The predicted molar refractivity (Wildman–Crippen MR) is 66.9 cm³/mol. The summed E-state index contributed by atoms with van der Waals surface area (Å²) < 4.78 is 7.77. The van der Waals surface area contributed by atoms with Crippen molar-refractivity contribution in [2.24, 2.45) is 0 Å². The van der Waals surface area contributed by atoms with Crippen LogP contribution >= 0.6 is 0 Å². The molecule has 98 valence electrons. The SMILES string of the molecule is CCOc1ccccc1CCC[n+]1cc[nH]c1.[Br-]. The van der Waals surface area contributed by atoms with E-state index < -0.39 is 0 Å². The Hall–Kier alpha value is -1.29. The Morgan fingerprint density at radius 2 is 2.11 bits per heavy atom. The maximum absolute atomic E-state index is 5.61. The van der Waals surface area contributed by atoms with Gasteiger partial charge in [0.25, 0.3) is 0 Å². The number of nitrogens with one attached hydrogen (secondary N) is 1. The summed E-state index contributed by atoms with van der Waals surface area (Å²) in [4.78, 5) is 3.05. The number of nitrogens with zero attached hydrogens (tertiary/aromatic N) is 1. The molecule has 0 aliphatic carbocycles. The largest absolute Gasteiger partial charge is 1.00 e. The first-order chi connectivity index (χ1) is 8.40. The van der Waals surface area contributed by atoms with Gasteiger partial charge < -0.3 is 21.7 Å². The Morgan fingerprint density at radius 1 is 1.28 bits per heavy atom. The number of hydrogen-bond acceptors (Lipinski definition) is 1. The summed E-state index contributed by atoms with van der Waals surface area (Å²) in [6.07, 6.45) is 8.14. The number of hydrogen-bond donors (Lipinski definition) is 1. The molecule has 0 aliphatic heterocycles. The molecule has 0 fully saturated rings. The van der Waals surface area contributed by atoms with Gasteiger partial charge in [-0.3, -0.25) is 4.98 Å². The second-order valence-electron chi connectivity index (χ2n) is 3.99. The van der Waals surface area contributed by atoms with Crippen molar-refractivity contribution in [1.29, 1.82) is 0 Å². The summed E-state index contributed by atoms with van der Waals surface area (Å²) in [5.41, 5.74) is 1.30. The van der Waals surface area contributed by atoms with Crippen molar-refractivity contribution in [2.45, 2.75) is 26.3 Å². The lowest BCUT2D eigenvalue weighted by Gasteiger charge is -2.09. The minimum Gasteiger partial charge on any atom is -1.00 e. The standard InChI is InChI=1S/C14H18N2O.BrH/c1-2-17-14-8-4-3-6-13(14)7-5-10-16-11-9-15-12-16;/h3-4,6,8-9,11-12H,2,5,7,10H2,1H3;1H. The van der Waals surface area contributed by atoms with Gasteiger partial charge in [-0.25, -0.2) is 4.57 Å². The number of benzene rings is 1. The van der Waals surface area contributed by atoms with Crippen LogP contribution in [0.3, 0.4) is 0 Å². The van der Waals surface area contributed by atoms with Crippen molar-refractivity contribution in [1.82, 2.24) is 4.98 Å². The molecule has 2 aromatic rings. The van der Waals surface area contributed by atoms with E-state index in [0.717, 1.165) is 31.7 Å². The van der Waals surface area contributed by atoms with Crippen LogP contribution in [0.15, 0.2) is 43.0 Å². The quantitative estimate of drug-likeness (QED) is 0.705. The van der Waals surface area contributed by atoms with Gasteiger partial charge in [-0.15, -0.1) is 0 Å². The molecule has 1 aromatic carbocycles. The first kappa shape index (κ1) is 14.8. The van der Waals surface area contributed by atoms with Crippen molar-refractivity contribution in [2.75, 3.05) is 6.61 Å². The van der Waals surface area contributed by atoms with E-state index in [1.165, 1.54) is 5.56 Å². The van der Waals surface area contributed by atoms with Crippen molar-refractivity contribution < 1.29 is 26.3 Å². The molecule has 0 radical (unpaired) electrons. The van der Waals surface area contributed by atoms with Gasteiger partial charge in [0.05, 0.1) is 13.2 Å². The van der Waals surface area contributed by atoms with E-state index in [0.29, 0.717) is 0 Å². The minimum absolute atomic E-state index is 0. The summed E-state index contributed by atoms with van der Waals surface area (Å²) in [7, 11) is 0. The molecule has 4 heteroatoms. The second-order valence-corrected chi connectivity index (χ2v) is 3.99. The molecule has 0 atom stereocenters. The van der Waals surface area contributed by atoms with Crippen LogP contribution in [0.2, 0.25) is 0 Å². The summed E-state index contributed by atoms with van der Waals surface area (Å²) in [6, 6.07) is 8.28. The number of rotatable bonds is 6. The van der Waals surface area contributed by atoms with Crippen LogP contribution in [0.5, 0.6) is 5.75 Å². The number of H-pyrrole nitrogens is 1. The van der Waals surface area contributed by atoms with Crippen LogP contribution in [0.25, 0.3) is 0 Å². The number of para-hydroxylation sites is 1. The molecule has 0 saturated heterocycles. The van der Waals surface area contributed by atoms with Gasteiger partial charge in [0.15, 0.2) is 0 Å². The van der Waals surface area contributed by atoms with E-state index in [9.17, 15) is 0 Å². The predicted octanol–water partition coefficient (Wildman–Crippen LogP) is -0.662. The molecule has 0 bridgehead atoms. The summed E-state index contributed by atoms with van der Waals surface area (Å²) in [5, 5.41) is 0. The van der Waals surface area contributed by atoms with E-state index in [1.54, 1.807) is 0 Å². The maximum Gasteiger partial charge on any atom is 0.241 e. The number of aromatic nitrogens is 2. The summed E-state index contributed by atoms with van der Waals surface area (Å²) >= 11 is 0. The minimum atomic E-state index is 0. The molecule has 0 aliphatic rings. The molecule has 0 saturated carbocycles. The van der Waals surface area contributed by atoms with Gasteiger partial charge in [0.1, 0.15) is 18.1 Å². The third-order valence-electron chi connectivity index (χ3n) is 2.74. The number of aryl methyl sites for hydroxylation is 2. The van der Waals surface area contributed by atoms with E-state index >= 15 is 0 Å². The molecule has 0 unspecified atom stereocenters. The highest BCUT2D eigenvalue weighted by Crippen LogP contribution is 2.19. The maximum atomic E-state index is 5.61. The molecule has 0 spiro atoms. The molecule has 18 heavy (non-hydrogen) atoms. The molecule has 1 heterocycles.